The van der Waals surface area contributed by atoms with Crippen LogP contribution in [0.1, 0.15) is 54.0 Å². The highest BCUT2D eigenvalue weighted by Gasteiger charge is 2.53. The number of fused-ring (bicyclic) bond motifs is 1. The van der Waals surface area contributed by atoms with Gasteiger partial charge in [0.2, 0.25) is 5.91 Å². The third kappa shape index (κ3) is 3.94. The minimum atomic E-state index is -0.444. The summed E-state index contributed by atoms with van der Waals surface area (Å²) in [5.74, 6) is 1.58. The summed E-state index contributed by atoms with van der Waals surface area (Å²) in [5, 5.41) is 3.19. The SMILES string of the molecule is Cc1cc(C(=O)N[C@@H]2CN3CCCC[C@@]3(C(=O)N3CCCN(C)CC3)C2)c(C)o1. The molecule has 7 heteroatoms. The van der Waals surface area contributed by atoms with Crippen molar-refractivity contribution < 1.29 is 14.0 Å². The van der Waals surface area contributed by atoms with Crippen LogP contribution in [0.4, 0.5) is 0 Å². The van der Waals surface area contributed by atoms with Gasteiger partial charge in [0, 0.05) is 32.2 Å². The van der Waals surface area contributed by atoms with Crippen LogP contribution in [0.15, 0.2) is 10.5 Å². The molecule has 0 spiro atoms. The highest BCUT2D eigenvalue weighted by atomic mass is 16.3. The van der Waals surface area contributed by atoms with E-state index >= 15 is 0 Å². The Kier molecular flexibility index (Phi) is 5.71. The Bertz CT molecular complexity index is 776. The second-order valence-electron chi connectivity index (χ2n) is 9.09. The molecule has 0 bridgehead atoms. The number of carbonyl (C=O) groups is 2. The average molecular weight is 403 g/mol. The first-order valence-electron chi connectivity index (χ1n) is 11.0. The van der Waals surface area contributed by atoms with Crippen LogP contribution in [0, 0.1) is 13.8 Å². The van der Waals surface area contributed by atoms with Crippen molar-refractivity contribution in [3.05, 3.63) is 23.2 Å². The Morgan fingerprint density at radius 3 is 2.69 bits per heavy atom. The summed E-state index contributed by atoms with van der Waals surface area (Å²) in [5.41, 5.74) is 0.156. The number of hydrogen-bond acceptors (Lipinski definition) is 5. The lowest BCUT2D eigenvalue weighted by molar-refractivity contribution is -0.145. The van der Waals surface area contributed by atoms with Crippen LogP contribution in [0.2, 0.25) is 0 Å². The van der Waals surface area contributed by atoms with Gasteiger partial charge in [-0.25, -0.2) is 0 Å². The van der Waals surface area contributed by atoms with E-state index < -0.39 is 5.54 Å². The molecule has 160 valence electrons. The third-order valence-corrected chi connectivity index (χ3v) is 6.92. The molecule has 2 atom stereocenters. The van der Waals surface area contributed by atoms with Gasteiger partial charge in [0.05, 0.1) is 5.56 Å². The molecule has 29 heavy (non-hydrogen) atoms. The normalized spacial score (nSPS) is 28.8. The van der Waals surface area contributed by atoms with E-state index in [9.17, 15) is 9.59 Å². The maximum atomic E-state index is 13.7. The molecular formula is C22H34N4O3. The van der Waals surface area contributed by atoms with Gasteiger partial charge in [0.25, 0.3) is 5.91 Å². The minimum absolute atomic E-state index is 0.00573. The number of carbonyl (C=O) groups excluding carboxylic acids is 2. The Morgan fingerprint density at radius 2 is 1.93 bits per heavy atom. The lowest BCUT2D eigenvalue weighted by Crippen LogP contribution is -2.59. The Morgan fingerprint density at radius 1 is 1.10 bits per heavy atom. The van der Waals surface area contributed by atoms with Gasteiger partial charge in [-0.15, -0.1) is 0 Å². The molecule has 4 heterocycles. The topological polar surface area (TPSA) is 69.0 Å². The lowest BCUT2D eigenvalue weighted by Gasteiger charge is -2.43. The van der Waals surface area contributed by atoms with Crippen molar-refractivity contribution in [1.82, 2.24) is 20.0 Å². The lowest BCUT2D eigenvalue weighted by atomic mass is 9.84. The van der Waals surface area contributed by atoms with Gasteiger partial charge in [-0.1, -0.05) is 0 Å². The van der Waals surface area contributed by atoms with Crippen LogP contribution in [0.5, 0.6) is 0 Å². The predicted octanol–water partition coefficient (Wildman–Crippen LogP) is 1.79. The first kappa shape index (κ1) is 20.4. The zero-order valence-corrected chi connectivity index (χ0v) is 18.0. The van der Waals surface area contributed by atoms with Crippen LogP contribution >= 0.6 is 0 Å². The van der Waals surface area contributed by atoms with Gasteiger partial charge in [0.1, 0.15) is 17.1 Å². The Labute approximate surface area is 173 Å². The molecule has 0 radical (unpaired) electrons. The minimum Gasteiger partial charge on any atom is -0.466 e. The number of aryl methyl sites for hydroxylation is 2. The van der Waals surface area contributed by atoms with Crippen molar-refractivity contribution in [3.63, 3.8) is 0 Å². The van der Waals surface area contributed by atoms with Crippen molar-refractivity contribution in [2.45, 2.75) is 57.5 Å². The predicted molar refractivity (Wildman–Crippen MR) is 111 cm³/mol. The van der Waals surface area contributed by atoms with Gasteiger partial charge in [-0.3, -0.25) is 14.5 Å². The molecule has 3 aliphatic rings. The van der Waals surface area contributed by atoms with Crippen LogP contribution in [0.3, 0.4) is 0 Å². The maximum absolute atomic E-state index is 13.7. The summed E-state index contributed by atoms with van der Waals surface area (Å²) in [7, 11) is 2.12. The number of nitrogens with one attached hydrogen (secondary N) is 1. The molecule has 1 aromatic rings. The summed E-state index contributed by atoms with van der Waals surface area (Å²) in [6, 6.07) is 1.79. The van der Waals surface area contributed by atoms with E-state index in [1.54, 1.807) is 6.07 Å². The smallest absolute Gasteiger partial charge is 0.255 e. The maximum Gasteiger partial charge on any atom is 0.255 e. The molecule has 0 saturated carbocycles. The van der Waals surface area contributed by atoms with Crippen molar-refractivity contribution in [3.8, 4) is 0 Å². The highest BCUT2D eigenvalue weighted by molar-refractivity contribution is 5.95. The van der Waals surface area contributed by atoms with Gasteiger partial charge in [-0.2, -0.15) is 0 Å². The van der Waals surface area contributed by atoms with Gasteiger partial charge in [0.15, 0.2) is 0 Å². The molecule has 1 N–H and O–H groups in total. The van der Waals surface area contributed by atoms with Crippen LogP contribution < -0.4 is 5.32 Å². The quantitative estimate of drug-likeness (QED) is 0.835. The van der Waals surface area contributed by atoms with E-state index in [-0.39, 0.29) is 17.9 Å². The fourth-order valence-electron chi connectivity index (χ4n) is 5.42. The molecule has 3 fully saturated rings. The monoisotopic (exact) mass is 402 g/mol. The van der Waals surface area contributed by atoms with E-state index in [0.29, 0.717) is 17.7 Å². The van der Waals surface area contributed by atoms with E-state index in [1.165, 1.54) is 0 Å². The summed E-state index contributed by atoms with van der Waals surface area (Å²) in [4.78, 5) is 33.3. The van der Waals surface area contributed by atoms with Crippen molar-refractivity contribution in [2.75, 3.05) is 46.3 Å². The Hall–Kier alpha value is -1.86. The van der Waals surface area contributed by atoms with E-state index in [1.807, 2.05) is 13.8 Å². The largest absolute Gasteiger partial charge is 0.466 e. The van der Waals surface area contributed by atoms with Gasteiger partial charge >= 0.3 is 0 Å². The van der Waals surface area contributed by atoms with Crippen LogP contribution in [-0.2, 0) is 4.79 Å². The summed E-state index contributed by atoms with van der Waals surface area (Å²) >= 11 is 0. The first-order chi connectivity index (χ1) is 13.9. The molecule has 7 nitrogen and oxygen atoms in total. The number of hydrogen-bond donors (Lipinski definition) is 1. The van der Waals surface area contributed by atoms with Crippen molar-refractivity contribution >= 4 is 11.8 Å². The van der Waals surface area contributed by atoms with E-state index in [4.69, 9.17) is 4.42 Å². The number of nitrogens with zero attached hydrogens (tertiary/aromatic N) is 3. The number of amides is 2. The second-order valence-corrected chi connectivity index (χ2v) is 9.09. The molecule has 0 aromatic carbocycles. The zero-order valence-electron chi connectivity index (χ0n) is 18.0. The summed E-state index contributed by atoms with van der Waals surface area (Å²) in [6.45, 7) is 8.98. The third-order valence-electron chi connectivity index (χ3n) is 6.92. The number of furan rings is 1. The van der Waals surface area contributed by atoms with Crippen molar-refractivity contribution in [1.29, 1.82) is 0 Å². The standard InChI is InChI=1S/C22H34N4O3/c1-16-13-19(17(2)29-16)20(27)23-18-14-22(7-4-5-10-26(22)15-18)21(28)25-9-6-8-24(3)11-12-25/h13,18H,4-12,14-15H2,1-3H3,(H,23,27)/t18-,22-/m0/s1. The van der Waals surface area contributed by atoms with E-state index in [2.05, 4.69) is 27.1 Å². The average Bonchev–Trinajstić information content (AvgIpc) is 3.14. The molecule has 0 aliphatic carbocycles. The Balaban J connectivity index is 1.49. The molecule has 3 saturated heterocycles. The number of likely N-dealkylation sites (N-methyl/N-ethyl adjacent to an activating group) is 1. The fourth-order valence-corrected chi connectivity index (χ4v) is 5.42. The molecule has 4 rings (SSSR count). The zero-order chi connectivity index (χ0) is 20.6. The number of piperidine rings is 1. The molecule has 0 unspecified atom stereocenters. The molecular weight excluding hydrogens is 368 g/mol. The molecule has 3 aliphatic heterocycles. The van der Waals surface area contributed by atoms with Gasteiger partial charge in [-0.05, 0) is 72.2 Å². The van der Waals surface area contributed by atoms with E-state index in [0.717, 1.165) is 70.7 Å². The fraction of sp³-hybridized carbons (Fsp3) is 0.727. The molecule has 1 aromatic heterocycles. The summed E-state index contributed by atoms with van der Waals surface area (Å²) in [6.07, 6.45) is 4.83. The van der Waals surface area contributed by atoms with Crippen molar-refractivity contribution in [2.24, 2.45) is 0 Å². The first-order valence-corrected chi connectivity index (χ1v) is 11.0. The number of rotatable bonds is 3. The second kappa shape index (κ2) is 8.11. The van der Waals surface area contributed by atoms with Gasteiger partial charge < -0.3 is 19.5 Å². The van der Waals surface area contributed by atoms with Crippen LogP contribution in [-0.4, -0.2) is 84.4 Å². The van der Waals surface area contributed by atoms with Crippen LogP contribution in [0.25, 0.3) is 0 Å². The highest BCUT2D eigenvalue weighted by Crippen LogP contribution is 2.39. The summed E-state index contributed by atoms with van der Waals surface area (Å²) < 4.78 is 5.52. The molecule has 2 amide bonds.